The largest absolute Gasteiger partial charge is 0.397 e. The minimum atomic E-state index is -0.212. The van der Waals surface area contributed by atoms with E-state index in [0.717, 1.165) is 25.7 Å². The number of nitrogens with two attached hydrogens (primary N) is 1. The smallest absolute Gasteiger partial charge is 0.223 e. The number of hydrogen-bond acceptors (Lipinski definition) is 8. The second-order valence-electron chi connectivity index (χ2n) is 6.78. The Bertz CT molecular complexity index is 1010. The van der Waals surface area contributed by atoms with E-state index in [1.807, 2.05) is 0 Å². The standard InChI is InChI=1S/C18H19Cl2N7O/c19-11-6-14(12(20)5-13(11)21)26-17-16-15(23-8-24-17)7-22-18(27-16)25-9-1-3-10(28)4-2-9/h5-10,28H,1-4,21H2,(H,22,25,27)(H,23,24,26)/t9-,10-. The first-order valence-corrected chi connectivity index (χ1v) is 9.69. The predicted octanol–water partition coefficient (Wildman–Crippen LogP) is 3.77. The number of aliphatic hydroxyl groups is 1. The van der Waals surface area contributed by atoms with Crippen molar-refractivity contribution in [1.29, 1.82) is 0 Å². The van der Waals surface area contributed by atoms with E-state index in [0.29, 0.717) is 44.2 Å². The summed E-state index contributed by atoms with van der Waals surface area (Å²) in [6.07, 6.45) is 6.16. The Morgan fingerprint density at radius 3 is 2.61 bits per heavy atom. The van der Waals surface area contributed by atoms with Crippen molar-refractivity contribution >= 4 is 57.4 Å². The van der Waals surface area contributed by atoms with Crippen LogP contribution in [-0.4, -0.2) is 37.2 Å². The normalized spacial score (nSPS) is 19.5. The molecule has 28 heavy (non-hydrogen) atoms. The molecule has 0 bridgehead atoms. The van der Waals surface area contributed by atoms with Crippen LogP contribution >= 0.6 is 23.2 Å². The van der Waals surface area contributed by atoms with Crippen molar-refractivity contribution in [1.82, 2.24) is 19.9 Å². The fourth-order valence-corrected chi connectivity index (χ4v) is 3.59. The molecule has 0 radical (unpaired) electrons. The van der Waals surface area contributed by atoms with E-state index in [2.05, 4.69) is 30.6 Å². The van der Waals surface area contributed by atoms with Gasteiger partial charge in [-0.25, -0.2) is 19.9 Å². The summed E-state index contributed by atoms with van der Waals surface area (Å²) in [7, 11) is 0. The number of nitrogens with zero attached hydrogens (tertiary/aromatic N) is 4. The maximum atomic E-state index is 9.66. The average Bonchev–Trinajstić information content (AvgIpc) is 2.68. The van der Waals surface area contributed by atoms with Crippen LogP contribution in [0.25, 0.3) is 11.0 Å². The lowest BCUT2D eigenvalue weighted by molar-refractivity contribution is 0.126. The lowest BCUT2D eigenvalue weighted by atomic mass is 9.93. The number of anilines is 4. The van der Waals surface area contributed by atoms with Gasteiger partial charge in [0.1, 0.15) is 17.4 Å². The maximum Gasteiger partial charge on any atom is 0.223 e. The van der Waals surface area contributed by atoms with Crippen LogP contribution in [0.1, 0.15) is 25.7 Å². The maximum absolute atomic E-state index is 9.66. The zero-order chi connectivity index (χ0) is 19.7. The van der Waals surface area contributed by atoms with E-state index in [9.17, 15) is 5.11 Å². The summed E-state index contributed by atoms with van der Waals surface area (Å²) in [4.78, 5) is 17.4. The minimum absolute atomic E-state index is 0.212. The number of nitrogens with one attached hydrogen (secondary N) is 2. The molecular weight excluding hydrogens is 401 g/mol. The molecule has 0 saturated heterocycles. The molecule has 0 aliphatic heterocycles. The van der Waals surface area contributed by atoms with Gasteiger partial charge in [0.25, 0.3) is 0 Å². The number of aromatic nitrogens is 4. The molecule has 146 valence electrons. The average molecular weight is 420 g/mol. The fourth-order valence-electron chi connectivity index (χ4n) is 3.20. The molecule has 0 amide bonds. The third-order valence-electron chi connectivity index (χ3n) is 4.75. The Morgan fingerprint density at radius 2 is 1.82 bits per heavy atom. The van der Waals surface area contributed by atoms with Crippen LogP contribution < -0.4 is 16.4 Å². The number of aliphatic hydroxyl groups excluding tert-OH is 1. The number of halogens is 2. The Hall–Kier alpha value is -2.42. The van der Waals surface area contributed by atoms with Gasteiger partial charge in [-0.05, 0) is 37.8 Å². The Balaban J connectivity index is 1.63. The molecule has 1 aliphatic carbocycles. The van der Waals surface area contributed by atoms with Crippen molar-refractivity contribution in [2.75, 3.05) is 16.4 Å². The van der Waals surface area contributed by atoms with Gasteiger partial charge in [0.2, 0.25) is 5.95 Å². The summed E-state index contributed by atoms with van der Waals surface area (Å²) in [6, 6.07) is 3.45. The molecule has 4 rings (SSSR count). The van der Waals surface area contributed by atoms with E-state index < -0.39 is 0 Å². The van der Waals surface area contributed by atoms with E-state index in [1.165, 1.54) is 6.33 Å². The van der Waals surface area contributed by atoms with Crippen molar-refractivity contribution in [3.05, 3.63) is 34.7 Å². The summed E-state index contributed by atoms with van der Waals surface area (Å²) >= 11 is 12.4. The van der Waals surface area contributed by atoms with Crippen LogP contribution in [0.4, 0.5) is 23.1 Å². The third-order valence-corrected chi connectivity index (χ3v) is 5.39. The molecule has 2 aromatic heterocycles. The molecule has 1 saturated carbocycles. The van der Waals surface area contributed by atoms with E-state index in [1.54, 1.807) is 18.3 Å². The van der Waals surface area contributed by atoms with Gasteiger partial charge in [-0.15, -0.1) is 0 Å². The molecule has 1 fully saturated rings. The van der Waals surface area contributed by atoms with Crippen molar-refractivity contribution in [2.45, 2.75) is 37.8 Å². The zero-order valence-electron chi connectivity index (χ0n) is 14.9. The van der Waals surface area contributed by atoms with E-state index in [4.69, 9.17) is 28.9 Å². The van der Waals surface area contributed by atoms with Gasteiger partial charge < -0.3 is 21.5 Å². The molecule has 0 unspecified atom stereocenters. The molecule has 0 atom stereocenters. The monoisotopic (exact) mass is 419 g/mol. The topological polar surface area (TPSA) is 122 Å². The van der Waals surface area contributed by atoms with Crippen LogP contribution in [0.3, 0.4) is 0 Å². The van der Waals surface area contributed by atoms with Gasteiger partial charge in [0.05, 0.1) is 33.7 Å². The van der Waals surface area contributed by atoms with Crippen molar-refractivity contribution in [2.24, 2.45) is 0 Å². The summed E-state index contributed by atoms with van der Waals surface area (Å²) in [5.41, 5.74) is 7.89. The van der Waals surface area contributed by atoms with Gasteiger partial charge >= 0.3 is 0 Å². The Kier molecular flexibility index (Phi) is 5.34. The van der Waals surface area contributed by atoms with Crippen LogP contribution in [0.15, 0.2) is 24.7 Å². The fraction of sp³-hybridized carbons (Fsp3) is 0.333. The molecule has 1 aromatic carbocycles. The van der Waals surface area contributed by atoms with Gasteiger partial charge in [0, 0.05) is 6.04 Å². The molecule has 5 N–H and O–H groups in total. The minimum Gasteiger partial charge on any atom is -0.397 e. The van der Waals surface area contributed by atoms with E-state index in [-0.39, 0.29) is 12.1 Å². The van der Waals surface area contributed by atoms with Gasteiger partial charge in [-0.3, -0.25) is 0 Å². The van der Waals surface area contributed by atoms with Crippen molar-refractivity contribution in [3.63, 3.8) is 0 Å². The van der Waals surface area contributed by atoms with Crippen LogP contribution in [0.5, 0.6) is 0 Å². The molecular formula is C18H19Cl2N7O. The molecule has 10 heteroatoms. The summed E-state index contributed by atoms with van der Waals surface area (Å²) < 4.78 is 0. The number of benzene rings is 1. The molecule has 0 spiro atoms. The molecule has 1 aliphatic rings. The lowest BCUT2D eigenvalue weighted by Crippen LogP contribution is -2.28. The number of nitrogen functional groups attached to an aromatic ring is 1. The first-order chi connectivity index (χ1) is 13.5. The highest BCUT2D eigenvalue weighted by Gasteiger charge is 2.20. The number of fused-ring (bicyclic) bond motifs is 1. The van der Waals surface area contributed by atoms with Crippen LogP contribution in [-0.2, 0) is 0 Å². The second-order valence-corrected chi connectivity index (χ2v) is 7.59. The first kappa shape index (κ1) is 18.9. The highest BCUT2D eigenvalue weighted by atomic mass is 35.5. The van der Waals surface area contributed by atoms with Gasteiger partial charge in [-0.2, -0.15) is 0 Å². The van der Waals surface area contributed by atoms with E-state index >= 15 is 0 Å². The lowest BCUT2D eigenvalue weighted by Gasteiger charge is -2.26. The van der Waals surface area contributed by atoms with Gasteiger partial charge in [0.15, 0.2) is 5.82 Å². The summed E-state index contributed by atoms with van der Waals surface area (Å²) in [5, 5.41) is 16.9. The predicted molar refractivity (Wildman–Crippen MR) is 111 cm³/mol. The highest BCUT2D eigenvalue weighted by Crippen LogP contribution is 2.33. The Labute approximate surface area is 171 Å². The van der Waals surface area contributed by atoms with Crippen LogP contribution in [0, 0.1) is 0 Å². The third kappa shape index (κ3) is 4.04. The Morgan fingerprint density at radius 1 is 1.04 bits per heavy atom. The number of rotatable bonds is 4. The second kappa shape index (κ2) is 7.90. The van der Waals surface area contributed by atoms with Crippen molar-refractivity contribution < 1.29 is 5.11 Å². The number of hydrogen-bond donors (Lipinski definition) is 4. The van der Waals surface area contributed by atoms with Crippen LogP contribution in [0.2, 0.25) is 10.0 Å². The van der Waals surface area contributed by atoms with Gasteiger partial charge in [-0.1, -0.05) is 23.2 Å². The molecule has 8 nitrogen and oxygen atoms in total. The molecule has 3 aromatic rings. The van der Waals surface area contributed by atoms with Crippen molar-refractivity contribution in [3.8, 4) is 0 Å². The highest BCUT2D eigenvalue weighted by molar-refractivity contribution is 6.37. The summed E-state index contributed by atoms with van der Waals surface area (Å²) in [6.45, 7) is 0. The first-order valence-electron chi connectivity index (χ1n) is 8.93. The summed E-state index contributed by atoms with van der Waals surface area (Å²) in [5.74, 6) is 0.977. The SMILES string of the molecule is Nc1cc(Cl)c(Nc2ncnc3cnc(N[C@H]4CC[C@H](O)CC4)nc23)cc1Cl. The quantitative estimate of drug-likeness (QED) is 0.471. The molecule has 2 heterocycles. The zero-order valence-corrected chi connectivity index (χ0v) is 16.4.